The van der Waals surface area contributed by atoms with Crippen molar-refractivity contribution in [1.29, 1.82) is 0 Å². The van der Waals surface area contributed by atoms with Gasteiger partial charge in [-0.25, -0.2) is 17.6 Å². The van der Waals surface area contributed by atoms with Gasteiger partial charge in [0.15, 0.2) is 0 Å². The molecule has 3 aromatic carbocycles. The van der Waals surface area contributed by atoms with Crippen LogP contribution < -0.4 is 11.1 Å². The minimum Gasteiger partial charge on any atom is -0.366 e. The van der Waals surface area contributed by atoms with Gasteiger partial charge in [0.1, 0.15) is 29.8 Å². The van der Waals surface area contributed by atoms with Gasteiger partial charge >= 0.3 is 0 Å². The highest BCUT2D eigenvalue weighted by Gasteiger charge is 2.22. The number of fused-ring (bicyclic) bond motifs is 1. The average Bonchev–Trinajstić information content (AvgIpc) is 3.30. The predicted molar refractivity (Wildman–Crippen MR) is 141 cm³/mol. The zero-order valence-corrected chi connectivity index (χ0v) is 20.9. The maximum Gasteiger partial charge on any atom is 0.248 e. The van der Waals surface area contributed by atoms with Crippen LogP contribution in [-0.2, 0) is 17.8 Å². The molecular weight excluding hydrogens is 524 g/mol. The molecule has 5 aromatic rings. The fourth-order valence-corrected chi connectivity index (χ4v) is 4.71. The predicted octanol–water partition coefficient (Wildman–Crippen LogP) is 5.46. The van der Waals surface area contributed by atoms with Gasteiger partial charge in [-0.2, -0.15) is 0 Å². The number of nitrogens with one attached hydrogen (secondary N) is 1. The fraction of sp³-hybridized carbons (Fsp3) is 0.100. The fourth-order valence-electron chi connectivity index (χ4n) is 4.71. The quantitative estimate of drug-likeness (QED) is 0.253. The van der Waals surface area contributed by atoms with E-state index in [4.69, 9.17) is 5.73 Å². The van der Waals surface area contributed by atoms with Crippen molar-refractivity contribution in [3.63, 3.8) is 0 Å². The first-order valence-electron chi connectivity index (χ1n) is 12.2. The molecule has 0 spiro atoms. The van der Waals surface area contributed by atoms with Gasteiger partial charge in [-0.05, 0) is 60.0 Å². The molecule has 10 heteroatoms. The first-order valence-corrected chi connectivity index (χ1v) is 12.2. The Morgan fingerprint density at radius 3 is 2.40 bits per heavy atom. The Kier molecular flexibility index (Phi) is 7.33. The van der Waals surface area contributed by atoms with Crippen LogP contribution in [0.1, 0.15) is 27.7 Å². The minimum absolute atomic E-state index is 0.0321. The van der Waals surface area contributed by atoms with Gasteiger partial charge in [-0.1, -0.05) is 18.2 Å². The van der Waals surface area contributed by atoms with Crippen LogP contribution in [0.3, 0.4) is 0 Å². The molecule has 2 aromatic heterocycles. The van der Waals surface area contributed by atoms with E-state index in [9.17, 15) is 27.2 Å². The molecule has 0 fully saturated rings. The highest BCUT2D eigenvalue weighted by Crippen LogP contribution is 2.30. The Morgan fingerprint density at radius 1 is 0.900 bits per heavy atom. The topological polar surface area (TPSA) is 90.0 Å². The van der Waals surface area contributed by atoms with E-state index in [0.717, 1.165) is 30.3 Å². The minimum atomic E-state index is -0.877. The third kappa shape index (κ3) is 5.70. The van der Waals surface area contributed by atoms with Gasteiger partial charge in [0, 0.05) is 41.0 Å². The smallest absolute Gasteiger partial charge is 0.248 e. The van der Waals surface area contributed by atoms with E-state index >= 15 is 0 Å². The highest BCUT2D eigenvalue weighted by molar-refractivity contribution is 5.94. The van der Waals surface area contributed by atoms with Crippen LogP contribution in [0, 0.1) is 23.3 Å². The molecule has 0 aliphatic carbocycles. The molecule has 0 bridgehead atoms. The summed E-state index contributed by atoms with van der Waals surface area (Å²) < 4.78 is 57.5. The Morgan fingerprint density at radius 2 is 1.65 bits per heavy atom. The van der Waals surface area contributed by atoms with E-state index in [1.165, 1.54) is 23.0 Å². The number of amides is 2. The summed E-state index contributed by atoms with van der Waals surface area (Å²) >= 11 is 0. The van der Waals surface area contributed by atoms with Crippen molar-refractivity contribution in [2.45, 2.75) is 19.0 Å². The highest BCUT2D eigenvalue weighted by atomic mass is 19.1. The van der Waals surface area contributed by atoms with Gasteiger partial charge in [0.25, 0.3) is 0 Å². The number of nitrogens with two attached hydrogens (primary N) is 1. The summed E-state index contributed by atoms with van der Waals surface area (Å²) in [6, 6.07) is 15.4. The number of carbonyl (C=O) groups is 2. The number of nitrogens with zero attached hydrogens (tertiary/aromatic N) is 2. The SMILES string of the molecule is NC(=O)c1cccc(-c2cccnc2C(Cc2cc(F)cc(F)c2)NC(=O)Cn2ccc3c(F)cc(F)cc32)c1. The Labute approximate surface area is 226 Å². The summed E-state index contributed by atoms with van der Waals surface area (Å²) in [6.45, 7) is -0.292. The maximum atomic E-state index is 14.2. The summed E-state index contributed by atoms with van der Waals surface area (Å²) in [7, 11) is 0. The molecule has 5 rings (SSSR count). The van der Waals surface area contributed by atoms with Crippen molar-refractivity contribution < 1.29 is 27.2 Å². The second-order valence-corrected chi connectivity index (χ2v) is 9.25. The van der Waals surface area contributed by atoms with Gasteiger partial charge < -0.3 is 15.6 Å². The molecule has 0 saturated heterocycles. The zero-order valence-electron chi connectivity index (χ0n) is 20.9. The summed E-state index contributed by atoms with van der Waals surface area (Å²) in [4.78, 5) is 29.5. The third-order valence-electron chi connectivity index (χ3n) is 6.44. The van der Waals surface area contributed by atoms with Crippen LogP contribution in [0.2, 0.25) is 0 Å². The summed E-state index contributed by atoms with van der Waals surface area (Å²) in [5, 5.41) is 3.01. The van der Waals surface area contributed by atoms with E-state index in [1.54, 1.807) is 36.4 Å². The van der Waals surface area contributed by atoms with Crippen LogP contribution >= 0.6 is 0 Å². The molecule has 1 unspecified atom stereocenters. The third-order valence-corrected chi connectivity index (χ3v) is 6.44. The molecule has 1 atom stereocenters. The largest absolute Gasteiger partial charge is 0.366 e. The first-order chi connectivity index (χ1) is 19.2. The molecule has 0 saturated carbocycles. The van der Waals surface area contributed by atoms with Crippen LogP contribution in [0.5, 0.6) is 0 Å². The number of halogens is 4. The number of primary amides is 1. The van der Waals surface area contributed by atoms with Gasteiger partial charge in [0.05, 0.1) is 17.3 Å². The summed E-state index contributed by atoms with van der Waals surface area (Å²) in [5.41, 5.74) is 7.69. The van der Waals surface area contributed by atoms with E-state index in [1.807, 2.05) is 0 Å². The maximum absolute atomic E-state index is 14.2. The molecule has 202 valence electrons. The lowest BCUT2D eigenvalue weighted by Gasteiger charge is -2.22. The molecule has 2 amide bonds. The van der Waals surface area contributed by atoms with Crippen molar-refractivity contribution >= 4 is 22.7 Å². The molecule has 2 heterocycles. The monoisotopic (exact) mass is 546 g/mol. The van der Waals surface area contributed by atoms with Crippen molar-refractivity contribution in [1.82, 2.24) is 14.9 Å². The van der Waals surface area contributed by atoms with Crippen molar-refractivity contribution in [3.8, 4) is 11.1 Å². The molecule has 0 radical (unpaired) electrons. The van der Waals surface area contributed by atoms with Crippen LogP contribution in [-0.4, -0.2) is 21.4 Å². The normalized spacial score (nSPS) is 11.9. The molecule has 0 aliphatic heterocycles. The Bertz CT molecular complexity index is 1730. The number of rotatable bonds is 8. The van der Waals surface area contributed by atoms with Gasteiger partial charge in [-0.15, -0.1) is 0 Å². The van der Waals surface area contributed by atoms with E-state index in [0.29, 0.717) is 16.8 Å². The molecule has 6 nitrogen and oxygen atoms in total. The number of hydrogen-bond donors (Lipinski definition) is 2. The second-order valence-electron chi connectivity index (χ2n) is 9.25. The lowest BCUT2D eigenvalue weighted by molar-refractivity contribution is -0.122. The van der Waals surface area contributed by atoms with E-state index in [-0.39, 0.29) is 35.0 Å². The Balaban J connectivity index is 1.52. The van der Waals surface area contributed by atoms with Crippen molar-refractivity contribution in [2.24, 2.45) is 5.73 Å². The zero-order chi connectivity index (χ0) is 28.4. The van der Waals surface area contributed by atoms with Crippen LogP contribution in [0.15, 0.2) is 85.2 Å². The molecular formula is C30H22F4N4O2. The molecule has 0 aliphatic rings. The summed E-state index contributed by atoms with van der Waals surface area (Å²) in [6.07, 6.45) is 2.94. The average molecular weight is 547 g/mol. The number of benzene rings is 3. The van der Waals surface area contributed by atoms with Crippen molar-refractivity contribution in [3.05, 3.63) is 125 Å². The summed E-state index contributed by atoms with van der Waals surface area (Å²) in [5.74, 6) is -4.26. The Hall–Kier alpha value is -4.99. The molecule has 40 heavy (non-hydrogen) atoms. The number of pyridine rings is 1. The number of aromatic nitrogens is 2. The lowest BCUT2D eigenvalue weighted by Crippen LogP contribution is -2.33. The number of hydrogen-bond acceptors (Lipinski definition) is 3. The number of carbonyl (C=O) groups excluding carboxylic acids is 2. The van der Waals surface area contributed by atoms with Crippen LogP contribution in [0.25, 0.3) is 22.0 Å². The van der Waals surface area contributed by atoms with Crippen molar-refractivity contribution in [2.75, 3.05) is 0 Å². The van der Waals surface area contributed by atoms with Gasteiger partial charge in [-0.3, -0.25) is 14.6 Å². The van der Waals surface area contributed by atoms with E-state index < -0.39 is 41.1 Å². The van der Waals surface area contributed by atoms with Crippen LogP contribution in [0.4, 0.5) is 17.6 Å². The lowest BCUT2D eigenvalue weighted by atomic mass is 9.94. The second kappa shape index (κ2) is 11.0. The first kappa shape index (κ1) is 26.6. The van der Waals surface area contributed by atoms with E-state index in [2.05, 4.69) is 10.3 Å². The van der Waals surface area contributed by atoms with Gasteiger partial charge in [0.2, 0.25) is 11.8 Å². The molecule has 3 N–H and O–H groups in total. The standard InChI is InChI=1S/C30H22F4N4O2/c31-20-9-17(10-21(32)13-20)11-26(29-23(5-2-7-36-29)18-3-1-4-19(12-18)30(35)40)37-28(39)16-38-8-6-24-25(34)14-22(33)15-27(24)38/h1-10,12-15,26H,11,16H2,(H2,35,40)(H,37,39).